The Balaban J connectivity index is 0.000000193. The van der Waals surface area contributed by atoms with Gasteiger partial charge in [0.2, 0.25) is 12.6 Å². The average Bonchev–Trinajstić information content (AvgIpc) is 3.29. The van der Waals surface area contributed by atoms with Crippen molar-refractivity contribution in [3.63, 3.8) is 0 Å². The van der Waals surface area contributed by atoms with E-state index in [9.17, 15) is 9.59 Å². The molecule has 2 saturated heterocycles. The summed E-state index contributed by atoms with van der Waals surface area (Å²) in [6, 6.07) is 13.9. The molecule has 0 aliphatic carbocycles. The van der Waals surface area contributed by atoms with Crippen molar-refractivity contribution in [1.29, 1.82) is 0 Å². The lowest BCUT2D eigenvalue weighted by molar-refractivity contribution is -0.178. The molecule has 0 spiro atoms. The molecule has 0 aromatic heterocycles. The summed E-state index contributed by atoms with van der Waals surface area (Å²) in [5.41, 5.74) is 2.03. The SMILES string of the molecule is CC1(C)OC[C@@H](OC(=O)O)O1.CC1(C)OC[C@@H](OC(=O)O)O1.Oc1ccc(-c2ccc(O)cc2)cc1. The van der Waals surface area contributed by atoms with Crippen LogP contribution in [0.3, 0.4) is 0 Å². The van der Waals surface area contributed by atoms with E-state index >= 15 is 0 Å². The summed E-state index contributed by atoms with van der Waals surface area (Å²) in [6.45, 7) is 7.07. The van der Waals surface area contributed by atoms with Crippen LogP contribution in [-0.4, -0.2) is 70.1 Å². The van der Waals surface area contributed by atoms with Gasteiger partial charge >= 0.3 is 12.3 Å². The van der Waals surface area contributed by atoms with Gasteiger partial charge in [-0.25, -0.2) is 9.59 Å². The van der Waals surface area contributed by atoms with Gasteiger partial charge < -0.3 is 48.8 Å². The molecule has 4 N–H and O–H groups in total. The maximum absolute atomic E-state index is 10.0. The zero-order valence-corrected chi connectivity index (χ0v) is 20.2. The lowest BCUT2D eigenvalue weighted by Gasteiger charge is -2.15. The second-order valence-corrected chi connectivity index (χ2v) is 8.38. The monoisotopic (exact) mass is 510 g/mol. The summed E-state index contributed by atoms with van der Waals surface area (Å²) in [5, 5.41) is 34.6. The van der Waals surface area contributed by atoms with E-state index in [1.54, 1.807) is 52.0 Å². The third kappa shape index (κ3) is 10.4. The highest BCUT2D eigenvalue weighted by atomic mass is 16.9. The Morgan fingerprint density at radius 1 is 0.694 bits per heavy atom. The molecule has 2 aliphatic rings. The van der Waals surface area contributed by atoms with E-state index in [1.807, 2.05) is 24.3 Å². The van der Waals surface area contributed by atoms with Crippen LogP contribution < -0.4 is 0 Å². The normalized spacial score (nSPS) is 21.2. The van der Waals surface area contributed by atoms with E-state index in [0.717, 1.165) is 11.1 Å². The van der Waals surface area contributed by atoms with Gasteiger partial charge in [-0.1, -0.05) is 24.3 Å². The second-order valence-electron chi connectivity index (χ2n) is 8.38. The van der Waals surface area contributed by atoms with Gasteiger partial charge in [-0.05, 0) is 63.1 Å². The maximum Gasteiger partial charge on any atom is 0.508 e. The van der Waals surface area contributed by atoms with Gasteiger partial charge in [0.15, 0.2) is 11.6 Å². The minimum Gasteiger partial charge on any atom is -0.508 e. The number of benzene rings is 2. The number of ether oxygens (including phenoxy) is 6. The number of rotatable bonds is 3. The van der Waals surface area contributed by atoms with Crippen molar-refractivity contribution >= 4 is 12.3 Å². The maximum atomic E-state index is 10.0. The molecule has 2 heterocycles. The fraction of sp³-hybridized carbons (Fsp3) is 0.417. The standard InChI is InChI=1S/C12H10O2.2C6H10O5/c13-11-5-1-9(2-6-11)10-3-7-12(14)8-4-10;2*1-6(2)9-3-4(11-6)10-5(7)8/h1-8,13-14H;2*4H,3H2,1-2H3,(H,7,8)/t;2*4-/m.00/s1. The highest BCUT2D eigenvalue weighted by molar-refractivity contribution is 5.64. The van der Waals surface area contributed by atoms with E-state index < -0.39 is 36.5 Å². The third-order valence-corrected chi connectivity index (χ3v) is 4.50. The Kier molecular flexibility index (Phi) is 9.87. The fourth-order valence-corrected chi connectivity index (χ4v) is 2.96. The fourth-order valence-electron chi connectivity index (χ4n) is 2.96. The quantitative estimate of drug-likeness (QED) is 0.431. The minimum absolute atomic E-state index is 0.152. The molecule has 0 radical (unpaired) electrons. The number of hydrogen-bond donors (Lipinski definition) is 4. The molecule has 2 atom stereocenters. The van der Waals surface area contributed by atoms with Crippen molar-refractivity contribution in [1.82, 2.24) is 0 Å². The van der Waals surface area contributed by atoms with Crippen molar-refractivity contribution in [2.24, 2.45) is 0 Å². The molecular formula is C24H30O12. The predicted molar refractivity (Wildman–Crippen MR) is 123 cm³/mol. The van der Waals surface area contributed by atoms with Crippen LogP contribution >= 0.6 is 0 Å². The smallest absolute Gasteiger partial charge is 0.508 e. The first-order valence-corrected chi connectivity index (χ1v) is 10.8. The molecule has 2 fully saturated rings. The lowest BCUT2D eigenvalue weighted by Crippen LogP contribution is -2.24. The van der Waals surface area contributed by atoms with Crippen molar-refractivity contribution < 1.29 is 58.4 Å². The van der Waals surface area contributed by atoms with E-state index in [2.05, 4.69) is 9.47 Å². The van der Waals surface area contributed by atoms with E-state index in [-0.39, 0.29) is 24.7 Å². The Morgan fingerprint density at radius 2 is 1.00 bits per heavy atom. The van der Waals surface area contributed by atoms with Crippen molar-refractivity contribution in [3.05, 3.63) is 48.5 Å². The third-order valence-electron chi connectivity index (χ3n) is 4.50. The number of phenols is 2. The van der Waals surface area contributed by atoms with Crippen LogP contribution in [0.5, 0.6) is 11.5 Å². The van der Waals surface area contributed by atoms with Gasteiger partial charge in [0, 0.05) is 0 Å². The number of carboxylic acid groups (broad SMARTS) is 2. The van der Waals surface area contributed by atoms with Gasteiger partial charge in [0.05, 0.1) is 0 Å². The highest BCUT2D eigenvalue weighted by Gasteiger charge is 2.35. The first-order chi connectivity index (χ1) is 16.7. The molecule has 12 nitrogen and oxygen atoms in total. The molecule has 0 amide bonds. The largest absolute Gasteiger partial charge is 0.508 e. The molecule has 0 bridgehead atoms. The van der Waals surface area contributed by atoms with Gasteiger partial charge in [-0.2, -0.15) is 0 Å². The Morgan fingerprint density at radius 3 is 1.22 bits per heavy atom. The molecule has 198 valence electrons. The van der Waals surface area contributed by atoms with Gasteiger partial charge in [-0.3, -0.25) is 0 Å². The first kappa shape index (κ1) is 28.7. The van der Waals surface area contributed by atoms with Crippen LogP contribution in [-0.2, 0) is 28.4 Å². The summed E-state index contributed by atoms with van der Waals surface area (Å²) in [7, 11) is 0. The van der Waals surface area contributed by atoms with Gasteiger partial charge in [0.1, 0.15) is 24.7 Å². The van der Waals surface area contributed by atoms with Crippen LogP contribution in [0.1, 0.15) is 27.7 Å². The predicted octanol–water partition coefficient (Wildman–Crippen LogP) is 4.34. The highest BCUT2D eigenvalue weighted by Crippen LogP contribution is 2.24. The molecule has 0 unspecified atom stereocenters. The topological polar surface area (TPSA) is 170 Å². The number of phenolic OH excluding ortho intramolecular Hbond substituents is 2. The zero-order valence-electron chi connectivity index (χ0n) is 20.2. The summed E-state index contributed by atoms with van der Waals surface area (Å²) in [6.07, 6.45) is -4.28. The van der Waals surface area contributed by atoms with Gasteiger partial charge in [-0.15, -0.1) is 0 Å². The number of hydrogen-bond acceptors (Lipinski definition) is 10. The number of carbonyl (C=O) groups is 2. The van der Waals surface area contributed by atoms with Crippen LogP contribution in [0.15, 0.2) is 48.5 Å². The van der Waals surface area contributed by atoms with Crippen LogP contribution in [0.2, 0.25) is 0 Å². The molecule has 2 aliphatic heterocycles. The zero-order chi connectivity index (χ0) is 26.9. The molecule has 12 heteroatoms. The second kappa shape index (κ2) is 12.4. The van der Waals surface area contributed by atoms with Crippen LogP contribution in [0, 0.1) is 0 Å². The average molecular weight is 510 g/mol. The van der Waals surface area contributed by atoms with Crippen molar-refractivity contribution in [2.45, 2.75) is 51.8 Å². The lowest BCUT2D eigenvalue weighted by atomic mass is 10.1. The molecule has 0 saturated carbocycles. The van der Waals surface area contributed by atoms with Crippen molar-refractivity contribution in [2.75, 3.05) is 13.2 Å². The summed E-state index contributed by atoms with van der Waals surface area (Å²) >= 11 is 0. The van der Waals surface area contributed by atoms with Gasteiger partial charge in [0.25, 0.3) is 0 Å². The molecule has 4 rings (SSSR count). The Bertz CT molecular complexity index is 904. The Hall–Kier alpha value is -3.58. The van der Waals surface area contributed by atoms with Crippen LogP contribution in [0.25, 0.3) is 11.1 Å². The molecular weight excluding hydrogens is 480 g/mol. The number of aromatic hydroxyl groups is 2. The molecule has 2 aromatic rings. The van der Waals surface area contributed by atoms with E-state index in [4.69, 9.17) is 39.4 Å². The molecule has 36 heavy (non-hydrogen) atoms. The Labute approximate surface area is 207 Å². The van der Waals surface area contributed by atoms with E-state index in [1.165, 1.54) is 0 Å². The summed E-state index contributed by atoms with van der Waals surface area (Å²) in [4.78, 5) is 20.0. The summed E-state index contributed by atoms with van der Waals surface area (Å²) < 4.78 is 28.8. The first-order valence-electron chi connectivity index (χ1n) is 10.8. The summed E-state index contributed by atoms with van der Waals surface area (Å²) in [5.74, 6) is -0.958. The minimum atomic E-state index is -1.35. The van der Waals surface area contributed by atoms with E-state index in [0.29, 0.717) is 0 Å². The van der Waals surface area contributed by atoms with Crippen LogP contribution in [0.4, 0.5) is 9.59 Å². The molecule has 2 aromatic carbocycles. The van der Waals surface area contributed by atoms with Crippen molar-refractivity contribution in [3.8, 4) is 22.6 Å².